The van der Waals surface area contributed by atoms with Crippen LogP contribution >= 0.6 is 0 Å². The average molecular weight is 369 g/mol. The summed E-state index contributed by atoms with van der Waals surface area (Å²) in [6.45, 7) is 4.55. The van der Waals surface area contributed by atoms with E-state index in [9.17, 15) is 4.79 Å². The largest absolute Gasteiger partial charge is 0.493 e. The van der Waals surface area contributed by atoms with Crippen LogP contribution in [0.4, 0.5) is 5.69 Å². The number of nitrogens with zero attached hydrogens (tertiary/aromatic N) is 2. The van der Waals surface area contributed by atoms with Crippen molar-refractivity contribution in [1.82, 2.24) is 10.2 Å². The molecule has 144 valence electrons. The number of amides is 1. The van der Waals surface area contributed by atoms with E-state index in [0.717, 1.165) is 31.7 Å². The van der Waals surface area contributed by atoms with E-state index in [1.165, 1.54) is 5.69 Å². The van der Waals surface area contributed by atoms with Crippen LogP contribution in [0.5, 0.6) is 11.5 Å². The number of para-hydroxylation sites is 1. The SMILES string of the molecule is COc1ccc(CNC(=O)CN2CCN(c3ccccc3)CC2)cc1OC. The molecule has 0 aromatic heterocycles. The molecule has 0 spiro atoms. The Labute approximate surface area is 160 Å². The number of ether oxygens (including phenoxy) is 2. The lowest BCUT2D eigenvalue weighted by molar-refractivity contribution is -0.122. The van der Waals surface area contributed by atoms with Gasteiger partial charge in [0, 0.05) is 38.4 Å². The zero-order chi connectivity index (χ0) is 19.1. The van der Waals surface area contributed by atoms with Gasteiger partial charge in [0.05, 0.1) is 20.8 Å². The Bertz CT molecular complexity index is 744. The summed E-state index contributed by atoms with van der Waals surface area (Å²) in [5.74, 6) is 1.39. The number of anilines is 1. The van der Waals surface area contributed by atoms with Gasteiger partial charge in [0.15, 0.2) is 11.5 Å². The molecule has 1 aliphatic rings. The van der Waals surface area contributed by atoms with Crippen LogP contribution in [-0.4, -0.2) is 57.8 Å². The van der Waals surface area contributed by atoms with Crippen molar-refractivity contribution < 1.29 is 14.3 Å². The summed E-state index contributed by atoms with van der Waals surface area (Å²) in [5.41, 5.74) is 2.23. The Balaban J connectivity index is 1.44. The normalized spacial score (nSPS) is 14.7. The second-order valence-corrected chi connectivity index (χ2v) is 6.56. The van der Waals surface area contributed by atoms with E-state index in [2.05, 4.69) is 39.4 Å². The summed E-state index contributed by atoms with van der Waals surface area (Å²) >= 11 is 0. The van der Waals surface area contributed by atoms with Crippen molar-refractivity contribution in [3.63, 3.8) is 0 Å². The fourth-order valence-corrected chi connectivity index (χ4v) is 3.25. The maximum Gasteiger partial charge on any atom is 0.234 e. The molecule has 1 aliphatic heterocycles. The minimum atomic E-state index is 0.0398. The lowest BCUT2D eigenvalue weighted by Gasteiger charge is -2.35. The van der Waals surface area contributed by atoms with E-state index in [1.807, 2.05) is 24.3 Å². The molecule has 2 aromatic rings. The molecule has 3 rings (SSSR count). The van der Waals surface area contributed by atoms with E-state index in [1.54, 1.807) is 14.2 Å². The lowest BCUT2D eigenvalue weighted by Crippen LogP contribution is -2.49. The van der Waals surface area contributed by atoms with Crippen LogP contribution in [0.2, 0.25) is 0 Å². The smallest absolute Gasteiger partial charge is 0.234 e. The number of methoxy groups -OCH3 is 2. The molecule has 1 amide bonds. The van der Waals surface area contributed by atoms with Gasteiger partial charge in [-0.05, 0) is 29.8 Å². The van der Waals surface area contributed by atoms with Crippen LogP contribution in [0.25, 0.3) is 0 Å². The van der Waals surface area contributed by atoms with E-state index >= 15 is 0 Å². The molecule has 1 saturated heterocycles. The van der Waals surface area contributed by atoms with Crippen LogP contribution in [0, 0.1) is 0 Å². The summed E-state index contributed by atoms with van der Waals surface area (Å²) in [7, 11) is 3.21. The van der Waals surface area contributed by atoms with Gasteiger partial charge in [-0.1, -0.05) is 24.3 Å². The van der Waals surface area contributed by atoms with Gasteiger partial charge in [-0.25, -0.2) is 0 Å². The van der Waals surface area contributed by atoms with E-state index in [0.29, 0.717) is 24.6 Å². The van der Waals surface area contributed by atoms with Crippen molar-refractivity contribution in [3.05, 3.63) is 54.1 Å². The van der Waals surface area contributed by atoms with Gasteiger partial charge in [-0.15, -0.1) is 0 Å². The Morgan fingerprint density at radius 1 is 0.963 bits per heavy atom. The summed E-state index contributed by atoms with van der Waals surface area (Å²) in [4.78, 5) is 16.8. The number of nitrogens with one attached hydrogen (secondary N) is 1. The summed E-state index contributed by atoms with van der Waals surface area (Å²) < 4.78 is 10.5. The molecule has 0 atom stereocenters. The standard InChI is InChI=1S/C21H27N3O3/c1-26-19-9-8-17(14-20(19)27-2)15-22-21(25)16-23-10-12-24(13-11-23)18-6-4-3-5-7-18/h3-9,14H,10-13,15-16H2,1-2H3,(H,22,25). The number of benzene rings is 2. The number of carbonyl (C=O) groups is 1. The molecule has 1 N–H and O–H groups in total. The average Bonchev–Trinajstić information content (AvgIpc) is 2.73. The Morgan fingerprint density at radius 2 is 1.67 bits per heavy atom. The molecule has 0 saturated carbocycles. The van der Waals surface area contributed by atoms with Crippen LogP contribution in [0.1, 0.15) is 5.56 Å². The fraction of sp³-hybridized carbons (Fsp3) is 0.381. The maximum atomic E-state index is 12.3. The van der Waals surface area contributed by atoms with E-state index in [-0.39, 0.29) is 5.91 Å². The number of hydrogen-bond acceptors (Lipinski definition) is 5. The molecule has 1 fully saturated rings. The van der Waals surface area contributed by atoms with Gasteiger partial charge in [0.25, 0.3) is 0 Å². The molecule has 1 heterocycles. The maximum absolute atomic E-state index is 12.3. The summed E-state index contributed by atoms with van der Waals surface area (Å²) in [5, 5.41) is 2.99. The molecule has 0 aliphatic carbocycles. The third-order valence-electron chi connectivity index (χ3n) is 4.80. The highest BCUT2D eigenvalue weighted by molar-refractivity contribution is 5.78. The summed E-state index contributed by atoms with van der Waals surface area (Å²) in [6, 6.07) is 16.1. The monoisotopic (exact) mass is 369 g/mol. The van der Waals surface area contributed by atoms with Crippen molar-refractivity contribution in [2.45, 2.75) is 6.54 Å². The Morgan fingerprint density at radius 3 is 2.33 bits per heavy atom. The first kappa shape index (κ1) is 19.0. The second-order valence-electron chi connectivity index (χ2n) is 6.56. The molecule has 0 unspecified atom stereocenters. The van der Waals surface area contributed by atoms with Gasteiger partial charge in [-0.3, -0.25) is 9.69 Å². The topological polar surface area (TPSA) is 54.0 Å². The van der Waals surface area contributed by atoms with Crippen LogP contribution in [-0.2, 0) is 11.3 Å². The predicted octanol–water partition coefficient (Wildman–Crippen LogP) is 2.14. The number of rotatable bonds is 7. The Hall–Kier alpha value is -2.73. The minimum absolute atomic E-state index is 0.0398. The molecule has 6 nitrogen and oxygen atoms in total. The van der Waals surface area contributed by atoms with Gasteiger partial charge < -0.3 is 19.7 Å². The second kappa shape index (κ2) is 9.28. The molecule has 0 radical (unpaired) electrons. The highest BCUT2D eigenvalue weighted by Crippen LogP contribution is 2.27. The number of piperazine rings is 1. The van der Waals surface area contributed by atoms with Crippen LogP contribution < -0.4 is 19.7 Å². The van der Waals surface area contributed by atoms with Crippen LogP contribution in [0.3, 0.4) is 0 Å². The van der Waals surface area contributed by atoms with Crippen molar-refractivity contribution in [3.8, 4) is 11.5 Å². The van der Waals surface area contributed by atoms with E-state index in [4.69, 9.17) is 9.47 Å². The van der Waals surface area contributed by atoms with Crippen molar-refractivity contribution in [2.75, 3.05) is 51.8 Å². The fourth-order valence-electron chi connectivity index (χ4n) is 3.25. The third-order valence-corrected chi connectivity index (χ3v) is 4.80. The zero-order valence-electron chi connectivity index (χ0n) is 16.0. The first-order valence-electron chi connectivity index (χ1n) is 9.19. The first-order valence-corrected chi connectivity index (χ1v) is 9.19. The van der Waals surface area contributed by atoms with Gasteiger partial charge in [0.1, 0.15) is 0 Å². The zero-order valence-corrected chi connectivity index (χ0v) is 16.0. The number of carbonyl (C=O) groups excluding carboxylic acids is 1. The minimum Gasteiger partial charge on any atom is -0.493 e. The first-order chi connectivity index (χ1) is 13.2. The van der Waals surface area contributed by atoms with Gasteiger partial charge in [-0.2, -0.15) is 0 Å². The Kier molecular flexibility index (Phi) is 6.54. The van der Waals surface area contributed by atoms with E-state index < -0.39 is 0 Å². The van der Waals surface area contributed by atoms with Crippen LogP contribution in [0.15, 0.2) is 48.5 Å². The third kappa shape index (κ3) is 5.14. The highest BCUT2D eigenvalue weighted by Gasteiger charge is 2.19. The highest BCUT2D eigenvalue weighted by atomic mass is 16.5. The van der Waals surface area contributed by atoms with Crippen molar-refractivity contribution >= 4 is 11.6 Å². The summed E-state index contributed by atoms with van der Waals surface area (Å²) in [6.07, 6.45) is 0. The molecule has 2 aromatic carbocycles. The molecular weight excluding hydrogens is 342 g/mol. The number of hydrogen-bond donors (Lipinski definition) is 1. The van der Waals surface area contributed by atoms with Crippen molar-refractivity contribution in [1.29, 1.82) is 0 Å². The van der Waals surface area contributed by atoms with Crippen molar-refractivity contribution in [2.24, 2.45) is 0 Å². The molecular formula is C21H27N3O3. The molecule has 0 bridgehead atoms. The lowest BCUT2D eigenvalue weighted by atomic mass is 10.2. The van der Waals surface area contributed by atoms with Gasteiger partial charge >= 0.3 is 0 Å². The molecule has 6 heteroatoms. The van der Waals surface area contributed by atoms with Gasteiger partial charge in [0.2, 0.25) is 5.91 Å². The molecule has 27 heavy (non-hydrogen) atoms. The quantitative estimate of drug-likeness (QED) is 0.810. The predicted molar refractivity (Wildman–Crippen MR) is 106 cm³/mol.